The van der Waals surface area contributed by atoms with Crippen LogP contribution in [0.15, 0.2) is 60.0 Å². The molecule has 0 aromatic heterocycles. The third-order valence-electron chi connectivity index (χ3n) is 3.80. The normalized spacial score (nSPS) is 20.0. The van der Waals surface area contributed by atoms with Crippen molar-refractivity contribution >= 4 is 28.4 Å². The highest BCUT2D eigenvalue weighted by molar-refractivity contribution is 14.1. The summed E-state index contributed by atoms with van der Waals surface area (Å²) in [7, 11) is 1.99. The first-order chi connectivity index (χ1) is 11.1. The third kappa shape index (κ3) is 5.24. The molecule has 0 aliphatic carbocycles. The van der Waals surface area contributed by atoms with Crippen LogP contribution in [0.2, 0.25) is 0 Å². The Hall–Kier alpha value is -1.54. The molecule has 1 aromatic carbocycles. The Bertz CT molecular complexity index is 570. The number of hydrogen-bond donors (Lipinski definition) is 3. The molecular formula is C17H24IN5. The number of halogens is 1. The Morgan fingerprint density at radius 3 is 2.83 bits per heavy atom. The standard InChI is InChI=1S/C17H24IN5/c1-13(22-17(18)14-6-4-3-5-7-14)21-16(8-10-19)23-11-9-15(12-23)20-2/h3-8,10,15,17,20,22H,1,9,11-12,19H2,2H3/b10-8-,21-16?/t15-,17+/m1/s1. The van der Waals surface area contributed by atoms with E-state index < -0.39 is 0 Å². The second kappa shape index (κ2) is 8.93. The van der Waals surface area contributed by atoms with Crippen molar-refractivity contribution in [2.75, 3.05) is 20.1 Å². The fourth-order valence-corrected chi connectivity index (χ4v) is 3.30. The van der Waals surface area contributed by atoms with Gasteiger partial charge >= 0.3 is 0 Å². The molecule has 0 saturated carbocycles. The lowest BCUT2D eigenvalue weighted by Gasteiger charge is -2.20. The van der Waals surface area contributed by atoms with E-state index >= 15 is 0 Å². The van der Waals surface area contributed by atoms with Crippen LogP contribution in [0.1, 0.15) is 16.0 Å². The van der Waals surface area contributed by atoms with Gasteiger partial charge in [-0.15, -0.1) is 0 Å². The van der Waals surface area contributed by atoms with E-state index in [0.717, 1.165) is 25.3 Å². The van der Waals surface area contributed by atoms with Gasteiger partial charge in [-0.1, -0.05) is 59.5 Å². The van der Waals surface area contributed by atoms with Crippen molar-refractivity contribution < 1.29 is 0 Å². The van der Waals surface area contributed by atoms with Crippen molar-refractivity contribution in [3.05, 3.63) is 60.6 Å². The molecular weight excluding hydrogens is 401 g/mol. The summed E-state index contributed by atoms with van der Waals surface area (Å²) in [4.78, 5) is 6.84. The second-order valence-electron chi connectivity index (χ2n) is 5.41. The maximum atomic E-state index is 5.58. The number of hydrogen-bond acceptors (Lipinski definition) is 4. The van der Waals surface area contributed by atoms with Crippen LogP contribution in [0.25, 0.3) is 0 Å². The van der Waals surface area contributed by atoms with Crippen LogP contribution < -0.4 is 16.4 Å². The van der Waals surface area contributed by atoms with Crippen LogP contribution in [0.4, 0.5) is 0 Å². The molecule has 2 rings (SSSR count). The average molecular weight is 425 g/mol. The lowest BCUT2D eigenvalue weighted by Crippen LogP contribution is -2.33. The van der Waals surface area contributed by atoms with Crippen LogP contribution >= 0.6 is 22.6 Å². The largest absolute Gasteiger partial charge is 0.404 e. The van der Waals surface area contributed by atoms with E-state index in [1.807, 2.05) is 31.3 Å². The number of nitrogens with one attached hydrogen (secondary N) is 2. The molecule has 1 fully saturated rings. The molecule has 23 heavy (non-hydrogen) atoms. The Labute approximate surface area is 151 Å². The number of aliphatic imine (C=N–C) groups is 1. The van der Waals surface area contributed by atoms with Crippen molar-refractivity contribution in [3.8, 4) is 0 Å². The molecule has 124 valence electrons. The minimum Gasteiger partial charge on any atom is -0.404 e. The van der Waals surface area contributed by atoms with E-state index in [0.29, 0.717) is 11.9 Å². The fourth-order valence-electron chi connectivity index (χ4n) is 2.53. The highest BCUT2D eigenvalue weighted by atomic mass is 127. The van der Waals surface area contributed by atoms with E-state index in [1.165, 1.54) is 11.8 Å². The zero-order valence-electron chi connectivity index (χ0n) is 13.4. The predicted octanol–water partition coefficient (Wildman–Crippen LogP) is 2.35. The van der Waals surface area contributed by atoms with Gasteiger partial charge in [0.15, 0.2) is 0 Å². The summed E-state index contributed by atoms with van der Waals surface area (Å²) >= 11 is 2.34. The Morgan fingerprint density at radius 1 is 1.48 bits per heavy atom. The molecule has 0 unspecified atom stereocenters. The van der Waals surface area contributed by atoms with Crippen LogP contribution in [0.5, 0.6) is 0 Å². The maximum absolute atomic E-state index is 5.58. The highest BCUT2D eigenvalue weighted by Crippen LogP contribution is 2.21. The van der Waals surface area contributed by atoms with Gasteiger partial charge in [-0.3, -0.25) is 0 Å². The van der Waals surface area contributed by atoms with Crippen LogP contribution in [-0.4, -0.2) is 36.9 Å². The van der Waals surface area contributed by atoms with Crippen molar-refractivity contribution in [1.82, 2.24) is 15.5 Å². The summed E-state index contributed by atoms with van der Waals surface area (Å²) in [6.07, 6.45) is 4.46. The maximum Gasteiger partial charge on any atom is 0.132 e. The molecule has 1 aliphatic rings. The summed E-state index contributed by atoms with van der Waals surface area (Å²) in [6.45, 7) is 5.93. The minimum absolute atomic E-state index is 0.122. The highest BCUT2D eigenvalue weighted by Gasteiger charge is 2.22. The number of rotatable bonds is 6. The van der Waals surface area contributed by atoms with Crippen molar-refractivity contribution in [1.29, 1.82) is 0 Å². The average Bonchev–Trinajstić information content (AvgIpc) is 3.04. The van der Waals surface area contributed by atoms with Gasteiger partial charge in [0.25, 0.3) is 0 Å². The number of nitrogens with two attached hydrogens (primary N) is 1. The molecule has 1 aliphatic heterocycles. The molecule has 1 heterocycles. The molecule has 0 radical (unpaired) electrons. The smallest absolute Gasteiger partial charge is 0.132 e. The first-order valence-corrected chi connectivity index (χ1v) is 8.92. The molecule has 2 atom stereocenters. The topological polar surface area (TPSA) is 65.7 Å². The van der Waals surface area contributed by atoms with Gasteiger partial charge < -0.3 is 21.3 Å². The van der Waals surface area contributed by atoms with Crippen molar-refractivity contribution in [2.24, 2.45) is 10.7 Å². The quantitative estimate of drug-likeness (QED) is 0.215. The van der Waals surface area contributed by atoms with Gasteiger partial charge in [-0.25, -0.2) is 4.99 Å². The minimum atomic E-state index is 0.122. The number of likely N-dealkylation sites (N-methyl/N-ethyl adjacent to an activating group) is 1. The molecule has 5 nitrogen and oxygen atoms in total. The van der Waals surface area contributed by atoms with E-state index in [1.54, 1.807) is 0 Å². The lowest BCUT2D eigenvalue weighted by molar-refractivity contribution is 0.494. The number of likely N-dealkylation sites (tertiary alicyclic amines) is 1. The van der Waals surface area contributed by atoms with E-state index in [2.05, 4.69) is 61.8 Å². The first-order valence-electron chi connectivity index (χ1n) is 7.67. The first kappa shape index (κ1) is 17.8. The Balaban J connectivity index is 2.02. The summed E-state index contributed by atoms with van der Waals surface area (Å²) in [6, 6.07) is 10.7. The summed E-state index contributed by atoms with van der Waals surface area (Å²) in [5.41, 5.74) is 6.77. The zero-order chi connectivity index (χ0) is 16.7. The fraction of sp³-hybridized carbons (Fsp3) is 0.353. The van der Waals surface area contributed by atoms with Gasteiger partial charge in [0, 0.05) is 19.1 Å². The Morgan fingerprint density at radius 2 is 2.22 bits per heavy atom. The van der Waals surface area contributed by atoms with E-state index in [9.17, 15) is 0 Å². The number of alkyl halides is 1. The van der Waals surface area contributed by atoms with Crippen molar-refractivity contribution in [2.45, 2.75) is 16.5 Å². The molecule has 6 heteroatoms. The van der Waals surface area contributed by atoms with Crippen LogP contribution in [-0.2, 0) is 0 Å². The second-order valence-corrected chi connectivity index (χ2v) is 6.66. The number of amidine groups is 1. The van der Waals surface area contributed by atoms with Gasteiger partial charge in [-0.05, 0) is 31.3 Å². The molecule has 0 amide bonds. The SMILES string of the molecule is C=C(N=C(/C=C\N)N1CC[C@@H](NC)C1)N[C@H](I)c1ccccc1. The Kier molecular flexibility index (Phi) is 6.91. The molecule has 1 aromatic rings. The summed E-state index contributed by atoms with van der Waals surface area (Å²) in [5.74, 6) is 1.48. The van der Waals surface area contributed by atoms with Crippen molar-refractivity contribution in [3.63, 3.8) is 0 Å². The van der Waals surface area contributed by atoms with E-state index in [-0.39, 0.29) is 4.05 Å². The molecule has 0 spiro atoms. The third-order valence-corrected chi connectivity index (χ3v) is 4.83. The lowest BCUT2D eigenvalue weighted by atomic mass is 10.2. The molecule has 1 saturated heterocycles. The van der Waals surface area contributed by atoms with Crippen LogP contribution in [0, 0.1) is 0 Å². The van der Waals surface area contributed by atoms with Crippen LogP contribution in [0.3, 0.4) is 0 Å². The molecule has 0 bridgehead atoms. The predicted molar refractivity (Wildman–Crippen MR) is 105 cm³/mol. The summed E-state index contributed by atoms with van der Waals surface area (Å²) < 4.78 is 0.122. The van der Waals surface area contributed by atoms with Gasteiger partial charge in [-0.2, -0.15) is 0 Å². The number of benzene rings is 1. The molecule has 4 N–H and O–H groups in total. The van der Waals surface area contributed by atoms with Gasteiger partial charge in [0.05, 0.1) is 0 Å². The summed E-state index contributed by atoms with van der Waals surface area (Å²) in [5, 5.41) is 6.63. The van der Waals surface area contributed by atoms with Gasteiger partial charge in [0.1, 0.15) is 15.7 Å². The monoisotopic (exact) mass is 425 g/mol. The zero-order valence-corrected chi connectivity index (χ0v) is 15.5. The number of nitrogens with zero attached hydrogens (tertiary/aromatic N) is 2. The van der Waals surface area contributed by atoms with Gasteiger partial charge in [0.2, 0.25) is 0 Å². The van der Waals surface area contributed by atoms with E-state index in [4.69, 9.17) is 5.73 Å².